The normalized spacial score (nSPS) is 11.5. The van der Waals surface area contributed by atoms with Crippen molar-refractivity contribution in [1.82, 2.24) is 10.3 Å². The van der Waals surface area contributed by atoms with E-state index in [0.717, 1.165) is 17.2 Å². The van der Waals surface area contributed by atoms with Gasteiger partial charge in [0.2, 0.25) is 5.89 Å². The third-order valence-corrected chi connectivity index (χ3v) is 4.00. The summed E-state index contributed by atoms with van der Waals surface area (Å²) in [6.07, 6.45) is -2.97. The second-order valence-corrected chi connectivity index (χ2v) is 6.24. The van der Waals surface area contributed by atoms with Crippen molar-refractivity contribution in [3.8, 4) is 11.5 Å². The molecule has 1 aromatic heterocycles. The predicted octanol–water partition coefficient (Wildman–Crippen LogP) is 4.78. The maximum Gasteiger partial charge on any atom is 0.416 e. The molecule has 0 saturated heterocycles. The number of alkyl halides is 3. The van der Waals surface area contributed by atoms with Crippen LogP contribution in [0.2, 0.25) is 0 Å². The number of benzene rings is 2. The van der Waals surface area contributed by atoms with Crippen molar-refractivity contribution in [1.29, 1.82) is 0 Å². The molecular weight excluding hydrogens is 376 g/mol. The molecule has 0 saturated carbocycles. The Bertz CT molecular complexity index is 979. The van der Waals surface area contributed by atoms with Crippen LogP contribution < -0.4 is 5.32 Å². The van der Waals surface area contributed by atoms with Crippen LogP contribution in [0.3, 0.4) is 0 Å². The van der Waals surface area contributed by atoms with Crippen LogP contribution in [0.25, 0.3) is 11.5 Å². The number of halogens is 4. The SMILES string of the molecule is Cc1ccc(-c2nc(CCNC(=O)c3cc(F)cc(C(F)(F)F)c3)co2)cc1. The molecule has 0 aliphatic carbocycles. The molecule has 0 atom stereocenters. The summed E-state index contributed by atoms with van der Waals surface area (Å²) < 4.78 is 57.0. The molecule has 0 aliphatic heterocycles. The van der Waals surface area contributed by atoms with Crippen LogP contribution in [-0.4, -0.2) is 17.4 Å². The van der Waals surface area contributed by atoms with Gasteiger partial charge in [-0.15, -0.1) is 0 Å². The number of carbonyl (C=O) groups excluding carboxylic acids is 1. The minimum Gasteiger partial charge on any atom is -0.444 e. The van der Waals surface area contributed by atoms with E-state index < -0.39 is 29.0 Å². The molecule has 0 radical (unpaired) electrons. The largest absolute Gasteiger partial charge is 0.444 e. The highest BCUT2D eigenvalue weighted by Crippen LogP contribution is 2.30. The summed E-state index contributed by atoms with van der Waals surface area (Å²) >= 11 is 0. The van der Waals surface area contributed by atoms with Crippen molar-refractivity contribution in [3.05, 3.63) is 76.9 Å². The predicted molar refractivity (Wildman–Crippen MR) is 94.1 cm³/mol. The Morgan fingerprint density at radius 1 is 1.14 bits per heavy atom. The molecule has 1 amide bonds. The molecule has 8 heteroatoms. The molecule has 3 aromatic rings. The zero-order valence-corrected chi connectivity index (χ0v) is 14.8. The summed E-state index contributed by atoms with van der Waals surface area (Å²) in [5.74, 6) is -1.49. The molecule has 4 nitrogen and oxygen atoms in total. The Morgan fingerprint density at radius 2 is 1.86 bits per heavy atom. The van der Waals surface area contributed by atoms with E-state index >= 15 is 0 Å². The fraction of sp³-hybridized carbons (Fsp3) is 0.200. The Balaban J connectivity index is 1.60. The molecule has 0 unspecified atom stereocenters. The van der Waals surface area contributed by atoms with Crippen molar-refractivity contribution in [3.63, 3.8) is 0 Å². The standard InChI is InChI=1S/C20H16F4N2O2/c1-12-2-4-13(5-3-12)19-26-17(11-28-19)6-7-25-18(27)14-8-15(20(22,23)24)10-16(21)9-14/h2-5,8-11H,6-7H2,1H3,(H,25,27). The molecule has 0 spiro atoms. The maximum absolute atomic E-state index is 13.4. The lowest BCUT2D eigenvalue weighted by Crippen LogP contribution is -2.26. The highest BCUT2D eigenvalue weighted by atomic mass is 19.4. The third kappa shape index (κ3) is 4.76. The summed E-state index contributed by atoms with van der Waals surface area (Å²) in [6, 6.07) is 9.31. The van der Waals surface area contributed by atoms with Gasteiger partial charge < -0.3 is 9.73 Å². The number of aryl methyl sites for hydroxylation is 1. The van der Waals surface area contributed by atoms with Crippen LogP contribution in [0.5, 0.6) is 0 Å². The van der Waals surface area contributed by atoms with E-state index in [1.165, 1.54) is 6.26 Å². The van der Waals surface area contributed by atoms with Gasteiger partial charge in [-0.05, 0) is 37.3 Å². The van der Waals surface area contributed by atoms with E-state index in [-0.39, 0.29) is 6.54 Å². The number of carbonyl (C=O) groups is 1. The van der Waals surface area contributed by atoms with Gasteiger partial charge >= 0.3 is 6.18 Å². The van der Waals surface area contributed by atoms with Crippen molar-refractivity contribution in [2.24, 2.45) is 0 Å². The molecule has 0 fully saturated rings. The van der Waals surface area contributed by atoms with Crippen molar-refractivity contribution in [2.45, 2.75) is 19.5 Å². The van der Waals surface area contributed by atoms with Gasteiger partial charge in [0.15, 0.2) is 0 Å². The van der Waals surface area contributed by atoms with E-state index in [9.17, 15) is 22.4 Å². The smallest absolute Gasteiger partial charge is 0.416 e. The number of amides is 1. The Hall–Kier alpha value is -3.16. The van der Waals surface area contributed by atoms with Gasteiger partial charge in [-0.3, -0.25) is 4.79 Å². The maximum atomic E-state index is 13.4. The quantitative estimate of drug-likeness (QED) is 0.636. The van der Waals surface area contributed by atoms with Gasteiger partial charge in [0.1, 0.15) is 12.1 Å². The molecule has 1 heterocycles. The zero-order valence-electron chi connectivity index (χ0n) is 14.8. The minimum atomic E-state index is -4.73. The van der Waals surface area contributed by atoms with Crippen LogP contribution in [0, 0.1) is 12.7 Å². The summed E-state index contributed by atoms with van der Waals surface area (Å²) in [4.78, 5) is 16.3. The highest BCUT2D eigenvalue weighted by molar-refractivity contribution is 5.94. The lowest BCUT2D eigenvalue weighted by molar-refractivity contribution is -0.137. The number of nitrogens with zero attached hydrogens (tertiary/aromatic N) is 1. The molecule has 146 valence electrons. The fourth-order valence-electron chi connectivity index (χ4n) is 2.54. The summed E-state index contributed by atoms with van der Waals surface area (Å²) in [6.45, 7) is 2.07. The Morgan fingerprint density at radius 3 is 2.54 bits per heavy atom. The lowest BCUT2D eigenvalue weighted by atomic mass is 10.1. The number of hydrogen-bond acceptors (Lipinski definition) is 3. The van der Waals surface area contributed by atoms with Crippen molar-refractivity contribution in [2.75, 3.05) is 6.54 Å². The first-order chi connectivity index (χ1) is 13.2. The van der Waals surface area contributed by atoms with Gasteiger partial charge in [0.25, 0.3) is 5.91 Å². The van der Waals surface area contributed by atoms with Gasteiger partial charge in [0, 0.05) is 24.1 Å². The highest BCUT2D eigenvalue weighted by Gasteiger charge is 2.32. The third-order valence-electron chi connectivity index (χ3n) is 4.00. The average Bonchev–Trinajstić information content (AvgIpc) is 3.10. The van der Waals surface area contributed by atoms with E-state index in [2.05, 4.69) is 10.3 Å². The van der Waals surface area contributed by atoms with Crippen LogP contribution in [0.1, 0.15) is 27.2 Å². The Kier molecular flexibility index (Phi) is 5.48. The van der Waals surface area contributed by atoms with Crippen molar-refractivity contribution >= 4 is 5.91 Å². The summed E-state index contributed by atoms with van der Waals surface area (Å²) in [5.41, 5.74) is 0.875. The van der Waals surface area contributed by atoms with Crippen LogP contribution in [0.15, 0.2) is 53.1 Å². The monoisotopic (exact) mass is 392 g/mol. The molecule has 3 rings (SSSR count). The number of nitrogens with one attached hydrogen (secondary N) is 1. The zero-order chi connectivity index (χ0) is 20.3. The lowest BCUT2D eigenvalue weighted by Gasteiger charge is -2.09. The minimum absolute atomic E-state index is 0.108. The van der Waals surface area contributed by atoms with E-state index in [1.807, 2.05) is 31.2 Å². The first-order valence-corrected chi connectivity index (χ1v) is 8.40. The number of aromatic nitrogens is 1. The molecule has 2 aromatic carbocycles. The molecule has 1 N–H and O–H groups in total. The summed E-state index contributed by atoms with van der Waals surface area (Å²) in [7, 11) is 0. The first kappa shape index (κ1) is 19.6. The fourth-order valence-corrected chi connectivity index (χ4v) is 2.54. The van der Waals surface area contributed by atoms with Gasteiger partial charge in [-0.25, -0.2) is 9.37 Å². The van der Waals surface area contributed by atoms with E-state index in [4.69, 9.17) is 4.42 Å². The first-order valence-electron chi connectivity index (χ1n) is 8.40. The number of rotatable bonds is 5. The van der Waals surface area contributed by atoms with Crippen LogP contribution in [0.4, 0.5) is 17.6 Å². The topological polar surface area (TPSA) is 55.1 Å². The van der Waals surface area contributed by atoms with Gasteiger partial charge in [-0.2, -0.15) is 13.2 Å². The second-order valence-electron chi connectivity index (χ2n) is 6.24. The summed E-state index contributed by atoms with van der Waals surface area (Å²) in [5, 5.41) is 2.46. The molecular formula is C20H16F4N2O2. The van der Waals surface area contributed by atoms with Crippen LogP contribution in [-0.2, 0) is 12.6 Å². The number of hydrogen-bond donors (Lipinski definition) is 1. The van der Waals surface area contributed by atoms with Gasteiger partial charge in [-0.1, -0.05) is 17.7 Å². The van der Waals surface area contributed by atoms with Crippen LogP contribution >= 0.6 is 0 Å². The molecule has 0 aliphatic rings. The number of oxazole rings is 1. The average molecular weight is 392 g/mol. The molecule has 28 heavy (non-hydrogen) atoms. The molecule has 0 bridgehead atoms. The Labute approximate surface area is 158 Å². The van der Waals surface area contributed by atoms with E-state index in [1.54, 1.807) is 0 Å². The van der Waals surface area contributed by atoms with Gasteiger partial charge in [0.05, 0.1) is 11.3 Å². The van der Waals surface area contributed by atoms with E-state index in [0.29, 0.717) is 30.1 Å². The second kappa shape index (κ2) is 7.84. The van der Waals surface area contributed by atoms with Crippen molar-refractivity contribution < 1.29 is 26.8 Å².